The Hall–Kier alpha value is -0.570. The number of hydrogen-bond acceptors (Lipinski definition) is 2. The number of rotatable bonds is 3. The van der Waals surface area contributed by atoms with Crippen LogP contribution in [0, 0.1) is 11.8 Å². The van der Waals surface area contributed by atoms with E-state index in [2.05, 4.69) is 19.2 Å². The van der Waals surface area contributed by atoms with Crippen LogP contribution in [0.5, 0.6) is 0 Å². The lowest BCUT2D eigenvalue weighted by molar-refractivity contribution is -0.122. The minimum absolute atomic E-state index is 0.0152. The molecule has 4 unspecified atom stereocenters. The fourth-order valence-corrected chi connectivity index (χ4v) is 2.34. The van der Waals surface area contributed by atoms with Gasteiger partial charge < -0.3 is 11.1 Å². The van der Waals surface area contributed by atoms with Gasteiger partial charge >= 0.3 is 0 Å². The Morgan fingerprint density at radius 2 is 2.21 bits per heavy atom. The van der Waals surface area contributed by atoms with Gasteiger partial charge in [0, 0.05) is 6.04 Å². The SMILES string of the molecule is CCC1CCC(NC(=O)C(C)N)C1C. The molecule has 3 N–H and O–H groups in total. The van der Waals surface area contributed by atoms with Crippen molar-refractivity contribution in [2.45, 2.75) is 52.1 Å². The average molecular weight is 198 g/mol. The van der Waals surface area contributed by atoms with Crippen LogP contribution in [0.25, 0.3) is 0 Å². The van der Waals surface area contributed by atoms with Crippen LogP contribution in [-0.2, 0) is 4.79 Å². The standard InChI is InChI=1S/C11H22N2O/c1-4-9-5-6-10(7(9)2)13-11(14)8(3)12/h7-10H,4-6,12H2,1-3H3,(H,13,14). The summed E-state index contributed by atoms with van der Waals surface area (Å²) in [6, 6.07) is -0.0404. The highest BCUT2D eigenvalue weighted by Gasteiger charge is 2.32. The molecule has 0 aromatic carbocycles. The van der Waals surface area contributed by atoms with Crippen LogP contribution in [-0.4, -0.2) is 18.0 Å². The van der Waals surface area contributed by atoms with Gasteiger partial charge in [-0.2, -0.15) is 0 Å². The van der Waals surface area contributed by atoms with Crippen molar-refractivity contribution in [2.75, 3.05) is 0 Å². The van der Waals surface area contributed by atoms with Gasteiger partial charge in [-0.1, -0.05) is 20.3 Å². The topological polar surface area (TPSA) is 55.1 Å². The Morgan fingerprint density at radius 3 is 2.64 bits per heavy atom. The van der Waals surface area contributed by atoms with E-state index in [0.717, 1.165) is 12.3 Å². The summed E-state index contributed by atoms with van der Waals surface area (Å²) in [7, 11) is 0. The van der Waals surface area contributed by atoms with Crippen LogP contribution in [0.1, 0.15) is 40.0 Å². The first-order valence-electron chi connectivity index (χ1n) is 5.62. The fraction of sp³-hybridized carbons (Fsp3) is 0.909. The summed E-state index contributed by atoms with van der Waals surface area (Å²) < 4.78 is 0. The first-order chi connectivity index (χ1) is 6.56. The summed E-state index contributed by atoms with van der Waals surface area (Å²) in [6.45, 7) is 6.18. The molecule has 1 rings (SSSR count). The highest BCUT2D eigenvalue weighted by Crippen LogP contribution is 2.33. The Labute approximate surface area is 86.4 Å². The summed E-state index contributed by atoms with van der Waals surface area (Å²) >= 11 is 0. The molecule has 0 bridgehead atoms. The number of nitrogens with two attached hydrogens (primary N) is 1. The van der Waals surface area contributed by atoms with E-state index in [-0.39, 0.29) is 11.9 Å². The number of hydrogen-bond donors (Lipinski definition) is 2. The average Bonchev–Trinajstić information content (AvgIpc) is 2.47. The molecule has 0 aromatic rings. The molecular formula is C11H22N2O. The zero-order chi connectivity index (χ0) is 10.7. The van der Waals surface area contributed by atoms with Crippen LogP contribution in [0.3, 0.4) is 0 Å². The van der Waals surface area contributed by atoms with Gasteiger partial charge in [-0.15, -0.1) is 0 Å². The van der Waals surface area contributed by atoms with E-state index < -0.39 is 0 Å². The van der Waals surface area contributed by atoms with Gasteiger partial charge in [-0.3, -0.25) is 4.79 Å². The molecule has 0 aromatic heterocycles. The van der Waals surface area contributed by atoms with Crippen molar-refractivity contribution < 1.29 is 4.79 Å². The highest BCUT2D eigenvalue weighted by molar-refractivity contribution is 5.81. The van der Waals surface area contributed by atoms with Crippen LogP contribution in [0.15, 0.2) is 0 Å². The predicted molar refractivity (Wildman–Crippen MR) is 57.8 cm³/mol. The molecule has 0 radical (unpaired) electrons. The molecular weight excluding hydrogens is 176 g/mol. The number of carbonyl (C=O) groups excluding carboxylic acids is 1. The molecule has 82 valence electrons. The second kappa shape index (κ2) is 4.78. The summed E-state index contributed by atoms with van der Waals surface area (Å²) in [6.07, 6.45) is 3.56. The van der Waals surface area contributed by atoms with E-state index in [9.17, 15) is 4.79 Å². The Kier molecular flexibility index (Phi) is 3.93. The largest absolute Gasteiger partial charge is 0.352 e. The monoisotopic (exact) mass is 198 g/mol. The van der Waals surface area contributed by atoms with Crippen molar-refractivity contribution >= 4 is 5.91 Å². The molecule has 0 aliphatic heterocycles. The zero-order valence-corrected chi connectivity index (χ0v) is 9.42. The van der Waals surface area contributed by atoms with Crippen molar-refractivity contribution in [3.05, 3.63) is 0 Å². The van der Waals surface area contributed by atoms with Gasteiger partial charge in [0.15, 0.2) is 0 Å². The molecule has 3 nitrogen and oxygen atoms in total. The third-order valence-corrected chi connectivity index (χ3v) is 3.49. The minimum Gasteiger partial charge on any atom is -0.352 e. The molecule has 1 fully saturated rings. The van der Waals surface area contributed by atoms with Gasteiger partial charge in [-0.25, -0.2) is 0 Å². The summed E-state index contributed by atoms with van der Waals surface area (Å²) in [4.78, 5) is 11.4. The van der Waals surface area contributed by atoms with Crippen LogP contribution < -0.4 is 11.1 Å². The van der Waals surface area contributed by atoms with Crippen molar-refractivity contribution in [1.29, 1.82) is 0 Å². The maximum absolute atomic E-state index is 11.4. The third-order valence-electron chi connectivity index (χ3n) is 3.49. The molecule has 3 heteroatoms. The number of nitrogens with one attached hydrogen (secondary N) is 1. The molecule has 0 saturated heterocycles. The lowest BCUT2D eigenvalue weighted by Crippen LogP contribution is -2.45. The lowest BCUT2D eigenvalue weighted by Gasteiger charge is -2.21. The van der Waals surface area contributed by atoms with Crippen molar-refractivity contribution in [2.24, 2.45) is 17.6 Å². The highest BCUT2D eigenvalue weighted by atomic mass is 16.2. The summed E-state index contributed by atoms with van der Waals surface area (Å²) in [5.74, 6) is 1.36. The number of amides is 1. The van der Waals surface area contributed by atoms with Crippen LogP contribution >= 0.6 is 0 Å². The normalized spacial score (nSPS) is 34.1. The Balaban J connectivity index is 2.44. The second-order valence-corrected chi connectivity index (χ2v) is 4.51. The third kappa shape index (κ3) is 2.47. The smallest absolute Gasteiger partial charge is 0.236 e. The van der Waals surface area contributed by atoms with Gasteiger partial charge in [0.05, 0.1) is 6.04 Å². The first kappa shape index (κ1) is 11.5. The van der Waals surface area contributed by atoms with Crippen LogP contribution in [0.4, 0.5) is 0 Å². The summed E-state index contributed by atoms with van der Waals surface area (Å²) in [5.41, 5.74) is 5.51. The van der Waals surface area contributed by atoms with E-state index in [0.29, 0.717) is 12.0 Å². The second-order valence-electron chi connectivity index (χ2n) is 4.51. The van der Waals surface area contributed by atoms with Crippen LogP contribution in [0.2, 0.25) is 0 Å². The molecule has 1 saturated carbocycles. The molecule has 4 atom stereocenters. The van der Waals surface area contributed by atoms with E-state index in [1.54, 1.807) is 6.92 Å². The first-order valence-corrected chi connectivity index (χ1v) is 5.62. The molecule has 0 heterocycles. The molecule has 14 heavy (non-hydrogen) atoms. The quantitative estimate of drug-likeness (QED) is 0.717. The van der Waals surface area contributed by atoms with Crippen molar-refractivity contribution in [1.82, 2.24) is 5.32 Å². The minimum atomic E-state index is -0.386. The van der Waals surface area contributed by atoms with Gasteiger partial charge in [0.25, 0.3) is 0 Å². The number of carbonyl (C=O) groups is 1. The molecule has 1 aliphatic carbocycles. The maximum atomic E-state index is 11.4. The maximum Gasteiger partial charge on any atom is 0.236 e. The van der Waals surface area contributed by atoms with E-state index in [1.165, 1.54) is 12.8 Å². The predicted octanol–water partition coefficient (Wildman–Crippen LogP) is 1.27. The van der Waals surface area contributed by atoms with Crippen molar-refractivity contribution in [3.63, 3.8) is 0 Å². The van der Waals surface area contributed by atoms with Gasteiger partial charge in [-0.05, 0) is 31.6 Å². The van der Waals surface area contributed by atoms with Gasteiger partial charge in [0.1, 0.15) is 0 Å². The fourth-order valence-electron chi connectivity index (χ4n) is 2.34. The zero-order valence-electron chi connectivity index (χ0n) is 9.42. The molecule has 1 aliphatic rings. The van der Waals surface area contributed by atoms with E-state index in [4.69, 9.17) is 5.73 Å². The van der Waals surface area contributed by atoms with Crippen molar-refractivity contribution in [3.8, 4) is 0 Å². The van der Waals surface area contributed by atoms with E-state index >= 15 is 0 Å². The van der Waals surface area contributed by atoms with E-state index in [1.807, 2.05) is 0 Å². The van der Waals surface area contributed by atoms with Gasteiger partial charge in [0.2, 0.25) is 5.91 Å². The summed E-state index contributed by atoms with van der Waals surface area (Å²) in [5, 5.41) is 3.03. The Bertz CT molecular complexity index is 203. The lowest BCUT2D eigenvalue weighted by atomic mass is 9.93. The molecule has 0 spiro atoms. The molecule has 1 amide bonds. The Morgan fingerprint density at radius 1 is 1.57 bits per heavy atom.